The minimum absolute atomic E-state index is 0.0484. The molecule has 4 heterocycles. The van der Waals surface area contributed by atoms with E-state index < -0.39 is 11.6 Å². The summed E-state index contributed by atoms with van der Waals surface area (Å²) in [5.74, 6) is 0.253. The molecule has 0 spiro atoms. The van der Waals surface area contributed by atoms with E-state index in [9.17, 15) is 14.0 Å². The highest BCUT2D eigenvalue weighted by Crippen LogP contribution is 2.33. The third-order valence-corrected chi connectivity index (χ3v) is 5.96. The summed E-state index contributed by atoms with van der Waals surface area (Å²) in [6, 6.07) is 9.78. The number of nitrogens with zero attached hydrogens (tertiary/aromatic N) is 5. The normalized spacial score (nSPS) is 15.5. The number of fused-ring (bicyclic) bond motifs is 1. The molecule has 1 aromatic carbocycles. The zero-order valence-electron chi connectivity index (χ0n) is 17.9. The lowest BCUT2D eigenvalue weighted by Crippen LogP contribution is -2.36. The number of nitriles is 1. The molecule has 2 aliphatic rings. The molecule has 33 heavy (non-hydrogen) atoms. The van der Waals surface area contributed by atoms with Crippen LogP contribution in [0.2, 0.25) is 0 Å². The van der Waals surface area contributed by atoms with E-state index in [2.05, 4.69) is 20.2 Å². The number of halogens is 2. The zero-order valence-corrected chi connectivity index (χ0v) is 17.9. The van der Waals surface area contributed by atoms with Gasteiger partial charge in [-0.3, -0.25) is 0 Å². The Hall–Kier alpha value is -3.77. The molecular formula is C24H22F2N6O. The van der Waals surface area contributed by atoms with Gasteiger partial charge in [0.2, 0.25) is 0 Å². The van der Waals surface area contributed by atoms with Gasteiger partial charge in [0, 0.05) is 61.8 Å². The van der Waals surface area contributed by atoms with Crippen LogP contribution in [-0.4, -0.2) is 49.4 Å². The molecule has 0 bridgehead atoms. The Bertz CT molecular complexity index is 1200. The summed E-state index contributed by atoms with van der Waals surface area (Å²) in [6.45, 7) is 4.26. The average Bonchev–Trinajstić information content (AvgIpc) is 2.87. The van der Waals surface area contributed by atoms with Crippen molar-refractivity contribution in [2.24, 2.45) is 0 Å². The molecule has 0 unspecified atom stereocenters. The zero-order chi connectivity index (χ0) is 22.8. The predicted molar refractivity (Wildman–Crippen MR) is 121 cm³/mol. The molecule has 7 nitrogen and oxygen atoms in total. The monoisotopic (exact) mass is 448 g/mol. The highest BCUT2D eigenvalue weighted by Gasteiger charge is 2.23. The maximum atomic E-state index is 14.5. The number of anilines is 3. The first-order chi connectivity index (χ1) is 16.1. The largest absolute Gasteiger partial charge is 0.378 e. The van der Waals surface area contributed by atoms with E-state index in [4.69, 9.17) is 4.74 Å². The molecule has 0 atom stereocenters. The fourth-order valence-electron chi connectivity index (χ4n) is 4.18. The maximum absolute atomic E-state index is 14.5. The fraction of sp³-hybridized carbons (Fsp3) is 0.292. The van der Waals surface area contributed by atoms with E-state index in [1.807, 2.05) is 29.3 Å². The lowest BCUT2D eigenvalue weighted by atomic mass is 10.0. The van der Waals surface area contributed by atoms with Crippen LogP contribution < -0.4 is 15.1 Å². The predicted octanol–water partition coefficient (Wildman–Crippen LogP) is 3.56. The third-order valence-electron chi connectivity index (χ3n) is 5.96. The summed E-state index contributed by atoms with van der Waals surface area (Å²) in [5, 5.41) is 12.6. The fourth-order valence-corrected chi connectivity index (χ4v) is 4.18. The maximum Gasteiger partial charge on any atom is 0.149 e. The van der Waals surface area contributed by atoms with Crippen LogP contribution in [0.25, 0.3) is 11.1 Å². The average molecular weight is 448 g/mol. The Labute approximate surface area is 190 Å². The number of nitrogens with one attached hydrogen (secondary N) is 1. The van der Waals surface area contributed by atoms with Crippen LogP contribution in [0.4, 0.5) is 26.1 Å². The van der Waals surface area contributed by atoms with Crippen LogP contribution in [0.15, 0.2) is 42.7 Å². The van der Waals surface area contributed by atoms with Crippen LogP contribution in [0.1, 0.15) is 11.1 Å². The minimum Gasteiger partial charge on any atom is -0.378 e. The Morgan fingerprint density at radius 2 is 1.79 bits per heavy atom. The van der Waals surface area contributed by atoms with Crippen molar-refractivity contribution in [1.29, 1.82) is 5.26 Å². The first-order valence-electron chi connectivity index (χ1n) is 10.8. The van der Waals surface area contributed by atoms with Gasteiger partial charge in [-0.15, -0.1) is 0 Å². The Morgan fingerprint density at radius 3 is 2.55 bits per heavy atom. The van der Waals surface area contributed by atoms with E-state index in [0.717, 1.165) is 47.9 Å². The van der Waals surface area contributed by atoms with Crippen molar-refractivity contribution in [3.63, 3.8) is 0 Å². The molecule has 5 rings (SSSR count). The first kappa shape index (κ1) is 21.1. The highest BCUT2D eigenvalue weighted by molar-refractivity contribution is 5.76. The van der Waals surface area contributed by atoms with Crippen molar-refractivity contribution in [1.82, 2.24) is 9.97 Å². The van der Waals surface area contributed by atoms with Crippen LogP contribution in [0, 0.1) is 23.0 Å². The molecule has 0 aliphatic carbocycles. The second-order valence-corrected chi connectivity index (χ2v) is 7.94. The number of hydrogen-bond acceptors (Lipinski definition) is 7. The number of rotatable bonds is 4. The van der Waals surface area contributed by atoms with Crippen LogP contribution in [-0.2, 0) is 11.3 Å². The summed E-state index contributed by atoms with van der Waals surface area (Å²) in [5.41, 5.74) is 2.32. The topological polar surface area (TPSA) is 77.3 Å². The van der Waals surface area contributed by atoms with Gasteiger partial charge < -0.3 is 19.9 Å². The van der Waals surface area contributed by atoms with Gasteiger partial charge in [0.25, 0.3) is 0 Å². The van der Waals surface area contributed by atoms with Crippen molar-refractivity contribution in [3.8, 4) is 17.2 Å². The van der Waals surface area contributed by atoms with E-state index in [1.54, 1.807) is 12.3 Å². The number of aromatic nitrogens is 2. The molecule has 0 radical (unpaired) electrons. The standard InChI is InChI=1S/C24H22F2N6O/c25-20-2-3-21(26)19(18(20)12-27)15-32-6-5-28-24-22(32)11-17(14-30-24)16-1-4-23(29-13-16)31-7-9-33-10-8-31/h1-4,11,13-14H,5-10,15H2,(H,28,30). The van der Waals surface area contributed by atoms with Crippen molar-refractivity contribution in [2.75, 3.05) is 54.5 Å². The van der Waals surface area contributed by atoms with E-state index in [-0.39, 0.29) is 17.7 Å². The van der Waals surface area contributed by atoms with Crippen molar-refractivity contribution < 1.29 is 13.5 Å². The van der Waals surface area contributed by atoms with Gasteiger partial charge in [-0.25, -0.2) is 18.7 Å². The lowest BCUT2D eigenvalue weighted by Gasteiger charge is -2.32. The van der Waals surface area contributed by atoms with E-state index >= 15 is 0 Å². The number of benzene rings is 1. The molecule has 1 saturated heterocycles. The minimum atomic E-state index is -0.720. The van der Waals surface area contributed by atoms with Crippen LogP contribution in [0.3, 0.4) is 0 Å². The summed E-state index contributed by atoms with van der Waals surface area (Å²) in [7, 11) is 0. The number of pyridine rings is 2. The summed E-state index contributed by atoms with van der Waals surface area (Å²) in [4.78, 5) is 13.2. The molecule has 3 aromatic rings. The van der Waals surface area contributed by atoms with Crippen LogP contribution in [0.5, 0.6) is 0 Å². The van der Waals surface area contributed by atoms with Gasteiger partial charge in [-0.2, -0.15) is 5.26 Å². The molecule has 168 valence electrons. The number of ether oxygens (including phenoxy) is 1. The van der Waals surface area contributed by atoms with Crippen LogP contribution >= 0.6 is 0 Å². The molecule has 9 heteroatoms. The first-order valence-corrected chi connectivity index (χ1v) is 10.8. The summed E-state index contributed by atoms with van der Waals surface area (Å²) < 4.78 is 34.0. The van der Waals surface area contributed by atoms with Gasteiger partial charge in [0.15, 0.2) is 0 Å². The molecule has 0 saturated carbocycles. The molecule has 1 N–H and O–H groups in total. The molecule has 2 aromatic heterocycles. The number of morpholine rings is 1. The molecular weight excluding hydrogens is 426 g/mol. The van der Waals surface area contributed by atoms with Gasteiger partial charge in [-0.1, -0.05) is 0 Å². The van der Waals surface area contributed by atoms with Crippen molar-refractivity contribution in [2.45, 2.75) is 6.54 Å². The smallest absolute Gasteiger partial charge is 0.149 e. The van der Waals surface area contributed by atoms with Crippen molar-refractivity contribution in [3.05, 3.63) is 65.5 Å². The third kappa shape index (κ3) is 4.17. The Balaban J connectivity index is 1.44. The second kappa shape index (κ2) is 9.00. The quantitative estimate of drug-likeness (QED) is 0.654. The van der Waals surface area contributed by atoms with Crippen molar-refractivity contribution >= 4 is 17.3 Å². The van der Waals surface area contributed by atoms with Gasteiger partial charge in [0.1, 0.15) is 29.3 Å². The van der Waals surface area contributed by atoms with Gasteiger partial charge in [-0.05, 0) is 30.3 Å². The Morgan fingerprint density at radius 1 is 1.00 bits per heavy atom. The van der Waals surface area contributed by atoms with Gasteiger partial charge >= 0.3 is 0 Å². The SMILES string of the molecule is N#Cc1c(F)ccc(F)c1CN1CCNc2ncc(-c3ccc(N4CCOCC4)nc3)cc21. The summed E-state index contributed by atoms with van der Waals surface area (Å²) >= 11 is 0. The Kier molecular flexibility index (Phi) is 5.75. The van der Waals surface area contributed by atoms with E-state index in [1.165, 1.54) is 0 Å². The molecule has 2 aliphatic heterocycles. The van der Waals surface area contributed by atoms with Gasteiger partial charge in [0.05, 0.1) is 24.5 Å². The molecule has 0 amide bonds. The number of hydrogen-bond donors (Lipinski definition) is 1. The highest BCUT2D eigenvalue weighted by atomic mass is 19.1. The lowest BCUT2D eigenvalue weighted by molar-refractivity contribution is 0.122. The second-order valence-electron chi connectivity index (χ2n) is 7.94. The molecule has 1 fully saturated rings. The van der Waals surface area contributed by atoms with E-state index in [0.29, 0.717) is 32.1 Å². The summed E-state index contributed by atoms with van der Waals surface area (Å²) in [6.07, 6.45) is 3.58.